The van der Waals surface area contributed by atoms with E-state index in [9.17, 15) is 0 Å². The Kier molecular flexibility index (Phi) is 9.46. The molecule has 0 radical (unpaired) electrons. The zero-order valence-corrected chi connectivity index (χ0v) is 18.2. The standard InChI is InChI=1S/C26H29NO2S/c27-19-22-7-9-24(10-8-22)25-11-13-26(14-12-25)29-17-6-4-2-1-3-5-16-28-20-23-15-18-30-21-23/h7-15,18,21H,1-6,16-17,20H2. The molecular weight excluding hydrogens is 390 g/mol. The number of hydrogen-bond acceptors (Lipinski definition) is 4. The molecule has 0 unspecified atom stereocenters. The first-order valence-electron chi connectivity index (χ1n) is 10.7. The molecule has 0 amide bonds. The molecule has 3 nitrogen and oxygen atoms in total. The van der Waals surface area contributed by atoms with E-state index < -0.39 is 0 Å². The SMILES string of the molecule is N#Cc1ccc(-c2ccc(OCCCCCCCCOCc3ccsc3)cc2)cc1. The molecule has 0 atom stereocenters. The van der Waals surface area contributed by atoms with Crippen molar-refractivity contribution >= 4 is 11.3 Å². The topological polar surface area (TPSA) is 42.2 Å². The van der Waals surface area contributed by atoms with Crippen molar-refractivity contribution in [2.75, 3.05) is 13.2 Å². The monoisotopic (exact) mass is 419 g/mol. The summed E-state index contributed by atoms with van der Waals surface area (Å²) in [6.45, 7) is 2.37. The van der Waals surface area contributed by atoms with Crippen molar-refractivity contribution in [2.24, 2.45) is 0 Å². The molecule has 0 fully saturated rings. The second-order valence-electron chi connectivity index (χ2n) is 7.37. The summed E-state index contributed by atoms with van der Waals surface area (Å²) in [6, 6.07) is 20.1. The van der Waals surface area contributed by atoms with Crippen LogP contribution in [0.4, 0.5) is 0 Å². The zero-order chi connectivity index (χ0) is 20.9. The minimum absolute atomic E-state index is 0.682. The molecule has 156 valence electrons. The predicted octanol–water partition coefficient (Wildman–Crippen LogP) is 7.22. The van der Waals surface area contributed by atoms with Gasteiger partial charge in [0.15, 0.2) is 0 Å². The fourth-order valence-corrected chi connectivity index (χ4v) is 3.90. The highest BCUT2D eigenvalue weighted by atomic mass is 32.1. The van der Waals surface area contributed by atoms with E-state index in [1.807, 2.05) is 36.4 Å². The fraction of sp³-hybridized carbons (Fsp3) is 0.346. The summed E-state index contributed by atoms with van der Waals surface area (Å²) >= 11 is 1.72. The highest BCUT2D eigenvalue weighted by molar-refractivity contribution is 7.07. The van der Waals surface area contributed by atoms with Crippen LogP contribution in [-0.4, -0.2) is 13.2 Å². The average Bonchev–Trinajstić information content (AvgIpc) is 3.31. The average molecular weight is 420 g/mol. The van der Waals surface area contributed by atoms with Crippen LogP contribution >= 0.6 is 11.3 Å². The fourth-order valence-electron chi connectivity index (χ4n) is 3.25. The number of nitrogens with zero attached hydrogens (tertiary/aromatic N) is 1. The first kappa shape index (κ1) is 22.1. The molecule has 2 aromatic carbocycles. The molecule has 1 heterocycles. The van der Waals surface area contributed by atoms with Crippen molar-refractivity contribution in [3.63, 3.8) is 0 Å². The van der Waals surface area contributed by atoms with Gasteiger partial charge in [0.2, 0.25) is 0 Å². The number of unbranched alkanes of at least 4 members (excludes halogenated alkanes) is 5. The van der Waals surface area contributed by atoms with Gasteiger partial charge in [-0.3, -0.25) is 0 Å². The van der Waals surface area contributed by atoms with Gasteiger partial charge in [0, 0.05) is 6.61 Å². The normalized spacial score (nSPS) is 10.6. The van der Waals surface area contributed by atoms with E-state index in [4.69, 9.17) is 14.7 Å². The lowest BCUT2D eigenvalue weighted by atomic mass is 10.0. The molecule has 0 saturated heterocycles. The Balaban J connectivity index is 1.20. The van der Waals surface area contributed by atoms with Crippen molar-refractivity contribution < 1.29 is 9.47 Å². The van der Waals surface area contributed by atoms with Crippen molar-refractivity contribution in [2.45, 2.75) is 45.1 Å². The molecule has 0 aliphatic carbocycles. The van der Waals surface area contributed by atoms with Crippen LogP contribution in [0.3, 0.4) is 0 Å². The molecule has 0 bridgehead atoms. The summed E-state index contributed by atoms with van der Waals surface area (Å²) in [5, 5.41) is 13.1. The zero-order valence-electron chi connectivity index (χ0n) is 17.4. The third-order valence-corrected chi connectivity index (χ3v) is 5.73. The van der Waals surface area contributed by atoms with E-state index in [1.54, 1.807) is 11.3 Å². The molecule has 30 heavy (non-hydrogen) atoms. The maximum absolute atomic E-state index is 8.89. The smallest absolute Gasteiger partial charge is 0.119 e. The van der Waals surface area contributed by atoms with Crippen LogP contribution in [0, 0.1) is 11.3 Å². The summed E-state index contributed by atoms with van der Waals surface area (Å²) in [5.41, 5.74) is 4.20. The van der Waals surface area contributed by atoms with Gasteiger partial charge in [0.1, 0.15) is 5.75 Å². The molecule has 3 aromatic rings. The van der Waals surface area contributed by atoms with Crippen LogP contribution in [0.25, 0.3) is 11.1 Å². The van der Waals surface area contributed by atoms with Crippen LogP contribution in [0.5, 0.6) is 5.75 Å². The van der Waals surface area contributed by atoms with Crippen molar-refractivity contribution in [3.8, 4) is 22.9 Å². The largest absolute Gasteiger partial charge is 0.494 e. The van der Waals surface area contributed by atoms with Crippen LogP contribution in [0.2, 0.25) is 0 Å². The molecule has 0 aliphatic rings. The third kappa shape index (κ3) is 7.67. The van der Waals surface area contributed by atoms with Crippen LogP contribution < -0.4 is 4.74 Å². The maximum atomic E-state index is 8.89. The van der Waals surface area contributed by atoms with Gasteiger partial charge in [-0.1, -0.05) is 49.9 Å². The lowest BCUT2D eigenvalue weighted by molar-refractivity contribution is 0.117. The molecule has 3 rings (SSSR count). The highest BCUT2D eigenvalue weighted by Crippen LogP contribution is 2.23. The van der Waals surface area contributed by atoms with Gasteiger partial charge in [-0.05, 0) is 70.6 Å². The van der Waals surface area contributed by atoms with Crippen molar-refractivity contribution in [1.82, 2.24) is 0 Å². The highest BCUT2D eigenvalue weighted by Gasteiger charge is 2.00. The van der Waals surface area contributed by atoms with E-state index in [1.165, 1.54) is 31.2 Å². The summed E-state index contributed by atoms with van der Waals surface area (Å²) in [4.78, 5) is 0. The molecule has 0 spiro atoms. The molecular formula is C26H29NO2S. The Morgan fingerprint density at radius 3 is 2.00 bits per heavy atom. The number of rotatable bonds is 13. The second kappa shape index (κ2) is 12.8. The van der Waals surface area contributed by atoms with Crippen LogP contribution in [-0.2, 0) is 11.3 Å². The van der Waals surface area contributed by atoms with Gasteiger partial charge in [-0.2, -0.15) is 16.6 Å². The number of thiophene rings is 1. The minimum atomic E-state index is 0.682. The number of ether oxygens (including phenoxy) is 2. The quantitative estimate of drug-likeness (QED) is 0.275. The molecule has 0 aliphatic heterocycles. The van der Waals surface area contributed by atoms with Gasteiger partial charge < -0.3 is 9.47 Å². The van der Waals surface area contributed by atoms with Gasteiger partial charge in [0.05, 0.1) is 24.8 Å². The number of hydrogen-bond donors (Lipinski definition) is 0. The van der Waals surface area contributed by atoms with Crippen molar-refractivity contribution in [3.05, 3.63) is 76.5 Å². The predicted molar refractivity (Wildman–Crippen MR) is 124 cm³/mol. The molecule has 4 heteroatoms. The lowest BCUT2D eigenvalue weighted by Gasteiger charge is -2.08. The Bertz CT molecular complexity index is 880. The maximum Gasteiger partial charge on any atom is 0.119 e. The van der Waals surface area contributed by atoms with Crippen molar-refractivity contribution in [1.29, 1.82) is 5.26 Å². The van der Waals surface area contributed by atoms with E-state index in [-0.39, 0.29) is 0 Å². The summed E-state index contributed by atoms with van der Waals surface area (Å²) < 4.78 is 11.6. The number of benzene rings is 2. The summed E-state index contributed by atoms with van der Waals surface area (Å²) in [6.07, 6.45) is 7.20. The minimum Gasteiger partial charge on any atom is -0.494 e. The van der Waals surface area contributed by atoms with E-state index in [2.05, 4.69) is 35.0 Å². The Hall–Kier alpha value is -2.61. The van der Waals surface area contributed by atoms with Gasteiger partial charge >= 0.3 is 0 Å². The van der Waals surface area contributed by atoms with E-state index >= 15 is 0 Å². The Labute approximate surface area is 183 Å². The summed E-state index contributed by atoms with van der Waals surface area (Å²) in [5.74, 6) is 0.912. The van der Waals surface area contributed by atoms with Gasteiger partial charge in [-0.15, -0.1) is 0 Å². The first-order chi connectivity index (χ1) is 14.8. The molecule has 1 aromatic heterocycles. The Morgan fingerprint density at radius 1 is 0.733 bits per heavy atom. The number of nitriles is 1. The molecule has 0 N–H and O–H groups in total. The van der Waals surface area contributed by atoms with E-state index in [0.717, 1.165) is 49.5 Å². The van der Waals surface area contributed by atoms with Crippen LogP contribution in [0.1, 0.15) is 49.7 Å². The second-order valence-corrected chi connectivity index (χ2v) is 8.15. The van der Waals surface area contributed by atoms with Crippen LogP contribution in [0.15, 0.2) is 65.4 Å². The first-order valence-corrected chi connectivity index (χ1v) is 11.6. The molecule has 0 saturated carbocycles. The Morgan fingerprint density at radius 2 is 1.37 bits per heavy atom. The van der Waals surface area contributed by atoms with E-state index in [0.29, 0.717) is 5.56 Å². The van der Waals surface area contributed by atoms with Gasteiger partial charge in [0.25, 0.3) is 0 Å². The lowest BCUT2D eigenvalue weighted by Crippen LogP contribution is -1.97. The summed E-state index contributed by atoms with van der Waals surface area (Å²) in [7, 11) is 0. The van der Waals surface area contributed by atoms with Gasteiger partial charge in [-0.25, -0.2) is 0 Å². The third-order valence-electron chi connectivity index (χ3n) is 5.00.